The SMILES string of the molecule is CC1CCC(C)N(c2ccc([N+](=O)[O-])cc2CBr)C1. The van der Waals surface area contributed by atoms with Crippen LogP contribution >= 0.6 is 15.9 Å². The summed E-state index contributed by atoms with van der Waals surface area (Å²) in [7, 11) is 0. The molecule has 1 aliphatic heterocycles. The van der Waals surface area contributed by atoms with Crippen LogP contribution in [0.1, 0.15) is 32.3 Å². The Hall–Kier alpha value is -1.10. The zero-order valence-corrected chi connectivity index (χ0v) is 12.9. The van der Waals surface area contributed by atoms with Crippen molar-refractivity contribution in [1.82, 2.24) is 0 Å². The largest absolute Gasteiger partial charge is 0.368 e. The standard InChI is InChI=1S/C14H19BrN2O2/c1-10-3-4-11(2)16(9-10)14-6-5-13(17(18)19)7-12(14)8-15/h5-7,10-11H,3-4,8-9H2,1-2H3. The van der Waals surface area contributed by atoms with Gasteiger partial charge in [-0.05, 0) is 37.3 Å². The van der Waals surface area contributed by atoms with Crippen LogP contribution in [0.4, 0.5) is 11.4 Å². The molecule has 1 saturated heterocycles. The van der Waals surface area contributed by atoms with Crippen LogP contribution in [0.2, 0.25) is 0 Å². The fourth-order valence-corrected chi connectivity index (χ4v) is 3.15. The van der Waals surface area contributed by atoms with Gasteiger partial charge in [0.05, 0.1) is 4.92 Å². The number of alkyl halides is 1. The Bertz CT molecular complexity index is 479. The Morgan fingerprint density at radius 2 is 2.16 bits per heavy atom. The molecule has 4 nitrogen and oxygen atoms in total. The summed E-state index contributed by atoms with van der Waals surface area (Å²) in [6.07, 6.45) is 2.44. The van der Waals surface area contributed by atoms with Crippen LogP contribution in [0.5, 0.6) is 0 Å². The Labute approximate surface area is 122 Å². The summed E-state index contributed by atoms with van der Waals surface area (Å²) in [6.45, 7) is 5.52. The van der Waals surface area contributed by atoms with Crippen LogP contribution in [-0.4, -0.2) is 17.5 Å². The van der Waals surface area contributed by atoms with E-state index in [1.165, 1.54) is 12.8 Å². The quantitative estimate of drug-likeness (QED) is 0.477. The highest BCUT2D eigenvalue weighted by Crippen LogP contribution is 2.33. The van der Waals surface area contributed by atoms with Crippen LogP contribution in [-0.2, 0) is 5.33 Å². The molecular weight excluding hydrogens is 308 g/mol. The van der Waals surface area contributed by atoms with Crippen molar-refractivity contribution in [2.24, 2.45) is 5.92 Å². The fourth-order valence-electron chi connectivity index (χ4n) is 2.70. The van der Waals surface area contributed by atoms with Crippen LogP contribution < -0.4 is 4.90 Å². The number of hydrogen-bond donors (Lipinski definition) is 0. The first-order valence-corrected chi connectivity index (χ1v) is 7.75. The third-order valence-corrected chi connectivity index (χ3v) is 4.45. The van der Waals surface area contributed by atoms with Crippen molar-refractivity contribution in [3.63, 3.8) is 0 Å². The number of nitro benzene ring substituents is 1. The molecule has 0 amide bonds. The van der Waals surface area contributed by atoms with Gasteiger partial charge in [0, 0.05) is 35.7 Å². The van der Waals surface area contributed by atoms with E-state index in [-0.39, 0.29) is 10.6 Å². The topological polar surface area (TPSA) is 46.4 Å². The van der Waals surface area contributed by atoms with Crippen molar-refractivity contribution in [1.29, 1.82) is 0 Å². The second kappa shape index (κ2) is 5.90. The van der Waals surface area contributed by atoms with Crippen molar-refractivity contribution in [2.75, 3.05) is 11.4 Å². The molecule has 0 spiro atoms. The highest BCUT2D eigenvalue weighted by atomic mass is 79.9. The van der Waals surface area contributed by atoms with Gasteiger partial charge in [-0.25, -0.2) is 0 Å². The van der Waals surface area contributed by atoms with Gasteiger partial charge in [0.25, 0.3) is 5.69 Å². The van der Waals surface area contributed by atoms with E-state index in [1.807, 2.05) is 6.07 Å². The molecule has 0 radical (unpaired) electrons. The molecule has 0 N–H and O–H groups in total. The van der Waals surface area contributed by atoms with E-state index >= 15 is 0 Å². The Balaban J connectivity index is 2.35. The lowest BCUT2D eigenvalue weighted by molar-refractivity contribution is -0.384. The number of hydrogen-bond acceptors (Lipinski definition) is 3. The molecule has 0 aliphatic carbocycles. The highest BCUT2D eigenvalue weighted by Gasteiger charge is 2.25. The van der Waals surface area contributed by atoms with E-state index in [1.54, 1.807) is 12.1 Å². The predicted molar refractivity (Wildman–Crippen MR) is 80.9 cm³/mol. The van der Waals surface area contributed by atoms with Gasteiger partial charge in [0.1, 0.15) is 0 Å². The number of piperidine rings is 1. The van der Waals surface area contributed by atoms with E-state index in [9.17, 15) is 10.1 Å². The van der Waals surface area contributed by atoms with Gasteiger partial charge in [-0.2, -0.15) is 0 Å². The van der Waals surface area contributed by atoms with Crippen molar-refractivity contribution in [3.8, 4) is 0 Å². The fraction of sp³-hybridized carbons (Fsp3) is 0.571. The maximum absolute atomic E-state index is 10.8. The molecule has 2 atom stereocenters. The van der Waals surface area contributed by atoms with Crippen LogP contribution in [0.3, 0.4) is 0 Å². The van der Waals surface area contributed by atoms with Gasteiger partial charge in [0.2, 0.25) is 0 Å². The van der Waals surface area contributed by atoms with Crippen molar-refractivity contribution >= 4 is 27.3 Å². The Kier molecular flexibility index (Phi) is 4.45. The van der Waals surface area contributed by atoms with Crippen molar-refractivity contribution in [3.05, 3.63) is 33.9 Å². The number of nitrogens with zero attached hydrogens (tertiary/aromatic N) is 2. The smallest absolute Gasteiger partial charge is 0.269 e. The average molecular weight is 327 g/mol. The van der Waals surface area contributed by atoms with Crippen LogP contribution in [0.15, 0.2) is 18.2 Å². The van der Waals surface area contributed by atoms with Gasteiger partial charge < -0.3 is 4.90 Å². The number of halogens is 1. The number of non-ortho nitro benzene ring substituents is 1. The molecule has 2 unspecified atom stereocenters. The molecule has 0 aromatic heterocycles. The van der Waals surface area contributed by atoms with Gasteiger partial charge >= 0.3 is 0 Å². The molecule has 0 bridgehead atoms. The average Bonchev–Trinajstić information content (AvgIpc) is 2.40. The summed E-state index contributed by atoms with van der Waals surface area (Å²) in [5.41, 5.74) is 2.28. The molecule has 104 valence electrons. The molecule has 5 heteroatoms. The van der Waals surface area contributed by atoms with Gasteiger partial charge in [-0.1, -0.05) is 22.9 Å². The van der Waals surface area contributed by atoms with Crippen molar-refractivity contribution in [2.45, 2.75) is 38.1 Å². The number of nitro groups is 1. The minimum atomic E-state index is -0.335. The summed E-state index contributed by atoms with van der Waals surface area (Å²) in [5.74, 6) is 0.676. The van der Waals surface area contributed by atoms with Gasteiger partial charge in [-0.15, -0.1) is 0 Å². The summed E-state index contributed by atoms with van der Waals surface area (Å²) >= 11 is 3.44. The van der Waals surface area contributed by atoms with E-state index in [0.29, 0.717) is 17.3 Å². The Morgan fingerprint density at radius 3 is 2.79 bits per heavy atom. The zero-order chi connectivity index (χ0) is 14.0. The number of rotatable bonds is 3. The first kappa shape index (κ1) is 14.3. The third kappa shape index (κ3) is 3.08. The predicted octanol–water partition coefficient (Wildman–Crippen LogP) is 4.11. The number of benzene rings is 1. The summed E-state index contributed by atoms with van der Waals surface area (Å²) in [5, 5.41) is 11.5. The van der Waals surface area contributed by atoms with Gasteiger partial charge in [-0.3, -0.25) is 10.1 Å². The lowest BCUT2D eigenvalue weighted by atomic mass is 9.94. The minimum absolute atomic E-state index is 0.163. The van der Waals surface area contributed by atoms with Gasteiger partial charge in [0.15, 0.2) is 0 Å². The highest BCUT2D eigenvalue weighted by molar-refractivity contribution is 9.08. The summed E-state index contributed by atoms with van der Waals surface area (Å²) in [4.78, 5) is 12.9. The van der Waals surface area contributed by atoms with E-state index in [0.717, 1.165) is 17.8 Å². The maximum atomic E-state index is 10.8. The molecule has 1 aliphatic rings. The molecule has 1 heterocycles. The normalized spacial score (nSPS) is 23.4. The second-order valence-electron chi connectivity index (χ2n) is 5.39. The molecule has 2 rings (SSSR count). The third-order valence-electron chi connectivity index (χ3n) is 3.84. The molecule has 1 fully saturated rings. The Morgan fingerprint density at radius 1 is 1.42 bits per heavy atom. The monoisotopic (exact) mass is 326 g/mol. The van der Waals surface area contributed by atoms with Crippen LogP contribution in [0.25, 0.3) is 0 Å². The van der Waals surface area contributed by atoms with E-state index in [2.05, 4.69) is 34.7 Å². The minimum Gasteiger partial charge on any atom is -0.368 e. The lowest BCUT2D eigenvalue weighted by Crippen LogP contribution is -2.41. The maximum Gasteiger partial charge on any atom is 0.269 e. The van der Waals surface area contributed by atoms with Crippen molar-refractivity contribution < 1.29 is 4.92 Å². The van der Waals surface area contributed by atoms with Crippen LogP contribution in [0, 0.1) is 16.0 Å². The molecule has 1 aromatic carbocycles. The van der Waals surface area contributed by atoms with E-state index < -0.39 is 0 Å². The first-order chi connectivity index (χ1) is 9.02. The summed E-state index contributed by atoms with van der Waals surface area (Å²) in [6, 6.07) is 5.67. The molecule has 19 heavy (non-hydrogen) atoms. The number of anilines is 1. The molecule has 0 saturated carbocycles. The lowest BCUT2D eigenvalue weighted by Gasteiger charge is -2.39. The second-order valence-corrected chi connectivity index (χ2v) is 5.95. The zero-order valence-electron chi connectivity index (χ0n) is 11.3. The summed E-state index contributed by atoms with van der Waals surface area (Å²) < 4.78 is 0. The van der Waals surface area contributed by atoms with E-state index in [4.69, 9.17) is 0 Å². The molecule has 1 aromatic rings. The first-order valence-electron chi connectivity index (χ1n) is 6.63. The molecular formula is C14H19BrN2O2.